The molecule has 0 radical (unpaired) electrons. The SMILES string of the molecule is CCc1ccc(OC)c(NN)c1. The molecule has 12 heavy (non-hydrogen) atoms. The molecule has 0 amide bonds. The average molecular weight is 166 g/mol. The quantitative estimate of drug-likeness (QED) is 0.529. The Balaban J connectivity index is 3.02. The number of anilines is 1. The Morgan fingerprint density at radius 3 is 2.75 bits per heavy atom. The van der Waals surface area contributed by atoms with Crippen molar-refractivity contribution in [2.75, 3.05) is 12.5 Å². The molecule has 0 saturated heterocycles. The second-order valence-electron chi connectivity index (χ2n) is 2.53. The van der Waals surface area contributed by atoms with Crippen LogP contribution in [0.5, 0.6) is 5.75 Å². The number of nitrogen functional groups attached to an aromatic ring is 1. The van der Waals surface area contributed by atoms with Gasteiger partial charge in [-0.15, -0.1) is 0 Å². The van der Waals surface area contributed by atoms with Gasteiger partial charge in [-0.2, -0.15) is 0 Å². The standard InChI is InChI=1S/C9H14N2O/c1-3-7-4-5-9(12-2)8(6-7)11-10/h4-6,11H,3,10H2,1-2H3. The normalized spacial score (nSPS) is 9.58. The van der Waals surface area contributed by atoms with Gasteiger partial charge in [-0.1, -0.05) is 13.0 Å². The van der Waals surface area contributed by atoms with Crippen LogP contribution in [0.4, 0.5) is 5.69 Å². The molecule has 66 valence electrons. The van der Waals surface area contributed by atoms with E-state index < -0.39 is 0 Å². The summed E-state index contributed by atoms with van der Waals surface area (Å²) in [6, 6.07) is 5.92. The summed E-state index contributed by atoms with van der Waals surface area (Å²) in [6.45, 7) is 2.10. The Bertz CT molecular complexity index is 261. The minimum absolute atomic E-state index is 0.773. The number of methoxy groups -OCH3 is 1. The summed E-state index contributed by atoms with van der Waals surface area (Å²) < 4.78 is 5.09. The zero-order valence-corrected chi connectivity index (χ0v) is 7.42. The van der Waals surface area contributed by atoms with Gasteiger partial charge in [-0.25, -0.2) is 0 Å². The molecule has 3 N–H and O–H groups in total. The van der Waals surface area contributed by atoms with Gasteiger partial charge in [-0.3, -0.25) is 5.84 Å². The highest BCUT2D eigenvalue weighted by molar-refractivity contribution is 5.57. The summed E-state index contributed by atoms with van der Waals surface area (Å²) in [4.78, 5) is 0. The molecular formula is C9H14N2O. The predicted octanol–water partition coefficient (Wildman–Crippen LogP) is 1.54. The lowest BCUT2D eigenvalue weighted by Crippen LogP contribution is -2.08. The maximum absolute atomic E-state index is 5.32. The van der Waals surface area contributed by atoms with E-state index in [9.17, 15) is 0 Å². The minimum Gasteiger partial charge on any atom is -0.495 e. The first-order valence-electron chi connectivity index (χ1n) is 3.95. The van der Waals surface area contributed by atoms with E-state index >= 15 is 0 Å². The fraction of sp³-hybridized carbons (Fsp3) is 0.333. The van der Waals surface area contributed by atoms with Crippen molar-refractivity contribution in [3.8, 4) is 5.75 Å². The van der Waals surface area contributed by atoms with E-state index in [2.05, 4.69) is 12.3 Å². The van der Waals surface area contributed by atoms with Crippen LogP contribution in [0.15, 0.2) is 18.2 Å². The second kappa shape index (κ2) is 3.97. The van der Waals surface area contributed by atoms with E-state index in [1.807, 2.05) is 18.2 Å². The molecule has 0 aliphatic carbocycles. The molecule has 0 spiro atoms. The number of nitrogens with two attached hydrogens (primary N) is 1. The second-order valence-corrected chi connectivity index (χ2v) is 2.53. The first kappa shape index (κ1) is 8.87. The third-order valence-electron chi connectivity index (χ3n) is 1.83. The lowest BCUT2D eigenvalue weighted by Gasteiger charge is -2.08. The van der Waals surface area contributed by atoms with E-state index in [-0.39, 0.29) is 0 Å². The molecule has 0 heterocycles. The van der Waals surface area contributed by atoms with Crippen LogP contribution in [0.3, 0.4) is 0 Å². The summed E-state index contributed by atoms with van der Waals surface area (Å²) >= 11 is 0. The lowest BCUT2D eigenvalue weighted by atomic mass is 10.1. The van der Waals surface area contributed by atoms with Gasteiger partial charge in [0.2, 0.25) is 0 Å². The zero-order chi connectivity index (χ0) is 8.97. The maximum Gasteiger partial charge on any atom is 0.143 e. The van der Waals surface area contributed by atoms with Crippen LogP contribution >= 0.6 is 0 Å². The van der Waals surface area contributed by atoms with Gasteiger partial charge in [0.25, 0.3) is 0 Å². The molecule has 1 aromatic rings. The monoisotopic (exact) mass is 166 g/mol. The van der Waals surface area contributed by atoms with Crippen molar-refractivity contribution >= 4 is 5.69 Å². The van der Waals surface area contributed by atoms with Crippen molar-refractivity contribution in [1.82, 2.24) is 0 Å². The van der Waals surface area contributed by atoms with Crippen LogP contribution in [0, 0.1) is 0 Å². The van der Waals surface area contributed by atoms with Crippen molar-refractivity contribution < 1.29 is 4.74 Å². The number of hydrazine groups is 1. The summed E-state index contributed by atoms with van der Waals surface area (Å²) in [5.41, 5.74) is 4.67. The third-order valence-corrected chi connectivity index (χ3v) is 1.83. The molecule has 1 aromatic carbocycles. The van der Waals surface area contributed by atoms with Crippen molar-refractivity contribution in [3.05, 3.63) is 23.8 Å². The van der Waals surface area contributed by atoms with Crippen molar-refractivity contribution in [1.29, 1.82) is 0 Å². The molecule has 0 saturated carbocycles. The van der Waals surface area contributed by atoms with Crippen LogP contribution in [-0.2, 0) is 6.42 Å². The maximum atomic E-state index is 5.32. The van der Waals surface area contributed by atoms with Crippen LogP contribution in [-0.4, -0.2) is 7.11 Å². The smallest absolute Gasteiger partial charge is 0.143 e. The van der Waals surface area contributed by atoms with Gasteiger partial charge < -0.3 is 10.2 Å². The molecule has 0 bridgehead atoms. The molecule has 0 fully saturated rings. The summed E-state index contributed by atoms with van der Waals surface area (Å²) in [5.74, 6) is 6.09. The van der Waals surface area contributed by atoms with Gasteiger partial charge in [0.15, 0.2) is 0 Å². The Morgan fingerprint density at radius 1 is 1.50 bits per heavy atom. The van der Waals surface area contributed by atoms with Crippen LogP contribution in [0.1, 0.15) is 12.5 Å². The van der Waals surface area contributed by atoms with Crippen molar-refractivity contribution in [2.45, 2.75) is 13.3 Å². The summed E-state index contributed by atoms with van der Waals surface area (Å²) in [6.07, 6.45) is 0.999. The number of nitrogens with one attached hydrogen (secondary N) is 1. The summed E-state index contributed by atoms with van der Waals surface area (Å²) in [5, 5.41) is 0. The predicted molar refractivity (Wildman–Crippen MR) is 50.2 cm³/mol. The zero-order valence-electron chi connectivity index (χ0n) is 7.42. The van der Waals surface area contributed by atoms with Crippen LogP contribution in [0.25, 0.3) is 0 Å². The summed E-state index contributed by atoms with van der Waals surface area (Å²) in [7, 11) is 1.63. The number of aryl methyl sites for hydroxylation is 1. The van der Waals surface area contributed by atoms with E-state index in [1.165, 1.54) is 5.56 Å². The molecule has 0 aromatic heterocycles. The van der Waals surface area contributed by atoms with E-state index in [4.69, 9.17) is 10.6 Å². The fourth-order valence-corrected chi connectivity index (χ4v) is 1.09. The Hall–Kier alpha value is -1.22. The number of hydrogen-bond donors (Lipinski definition) is 2. The van der Waals surface area contributed by atoms with Crippen LogP contribution < -0.4 is 16.0 Å². The first-order chi connectivity index (χ1) is 5.81. The number of rotatable bonds is 3. The number of benzene rings is 1. The Labute approximate surface area is 72.5 Å². The highest BCUT2D eigenvalue weighted by atomic mass is 16.5. The Kier molecular flexibility index (Phi) is 2.94. The fourth-order valence-electron chi connectivity index (χ4n) is 1.09. The van der Waals surface area contributed by atoms with E-state index in [0.29, 0.717) is 0 Å². The average Bonchev–Trinajstić information content (AvgIpc) is 2.16. The highest BCUT2D eigenvalue weighted by Gasteiger charge is 2.00. The topological polar surface area (TPSA) is 47.3 Å². The van der Waals surface area contributed by atoms with Crippen molar-refractivity contribution in [3.63, 3.8) is 0 Å². The molecule has 0 unspecified atom stereocenters. The van der Waals surface area contributed by atoms with Gasteiger partial charge in [-0.05, 0) is 24.1 Å². The van der Waals surface area contributed by atoms with Gasteiger partial charge in [0.1, 0.15) is 5.75 Å². The molecular weight excluding hydrogens is 152 g/mol. The molecule has 0 aliphatic rings. The molecule has 3 heteroatoms. The molecule has 0 aliphatic heterocycles. The van der Waals surface area contributed by atoms with Crippen molar-refractivity contribution in [2.24, 2.45) is 5.84 Å². The first-order valence-corrected chi connectivity index (χ1v) is 3.95. The van der Waals surface area contributed by atoms with Crippen LogP contribution in [0.2, 0.25) is 0 Å². The number of ether oxygens (including phenoxy) is 1. The lowest BCUT2D eigenvalue weighted by molar-refractivity contribution is 0.416. The largest absolute Gasteiger partial charge is 0.495 e. The van der Waals surface area contributed by atoms with E-state index in [0.717, 1.165) is 17.9 Å². The Morgan fingerprint density at radius 2 is 2.25 bits per heavy atom. The third kappa shape index (κ3) is 1.68. The number of hydrogen-bond acceptors (Lipinski definition) is 3. The van der Waals surface area contributed by atoms with Gasteiger partial charge >= 0.3 is 0 Å². The minimum atomic E-state index is 0.773. The van der Waals surface area contributed by atoms with E-state index in [1.54, 1.807) is 7.11 Å². The highest BCUT2D eigenvalue weighted by Crippen LogP contribution is 2.24. The molecule has 3 nitrogen and oxygen atoms in total. The van der Waals surface area contributed by atoms with Gasteiger partial charge in [0.05, 0.1) is 12.8 Å². The van der Waals surface area contributed by atoms with Gasteiger partial charge in [0, 0.05) is 0 Å². The molecule has 0 atom stereocenters. The molecule has 1 rings (SSSR count).